The first-order valence-electron chi connectivity index (χ1n) is 10.6. The second kappa shape index (κ2) is 9.77. The lowest BCUT2D eigenvalue weighted by Gasteiger charge is -2.26. The molecular formula is C22H23FN4O6S. The number of methoxy groups -OCH3 is 1. The second-order valence-corrected chi connectivity index (χ2v) is 9.62. The molecule has 3 aromatic rings. The van der Waals surface area contributed by atoms with Crippen LogP contribution >= 0.6 is 0 Å². The molecule has 34 heavy (non-hydrogen) atoms. The number of amides is 1. The first-order valence-corrected chi connectivity index (χ1v) is 12.0. The highest BCUT2D eigenvalue weighted by Gasteiger charge is 2.29. The normalized spacial score (nSPS) is 14.6. The van der Waals surface area contributed by atoms with Crippen molar-refractivity contribution in [3.05, 3.63) is 58.8 Å². The van der Waals surface area contributed by atoms with Crippen LogP contribution < -0.4 is 15.8 Å². The molecule has 1 amide bonds. The fourth-order valence-electron chi connectivity index (χ4n) is 3.65. The number of carbonyl (C=O) groups is 1. The van der Waals surface area contributed by atoms with Crippen molar-refractivity contribution in [1.82, 2.24) is 14.1 Å². The van der Waals surface area contributed by atoms with Crippen molar-refractivity contribution < 1.29 is 26.8 Å². The van der Waals surface area contributed by atoms with Gasteiger partial charge in [0, 0.05) is 24.3 Å². The standard InChI is InChI=1S/C22H23FN4O6S/c1-32-18-10-9-17(13-19(18)34(30,31)26-11-3-2-4-12-26)24-20(28)14-27-22(29)33-21(25-27)15-5-7-16(23)8-6-15/h5-10,13H,2-4,11-12,14H2,1H3,(H,24,28). The Hall–Kier alpha value is -3.51. The Morgan fingerprint density at radius 2 is 1.85 bits per heavy atom. The summed E-state index contributed by atoms with van der Waals surface area (Å²) in [5, 5.41) is 6.54. The predicted octanol–water partition coefficient (Wildman–Crippen LogP) is 2.46. The maximum absolute atomic E-state index is 13.1. The van der Waals surface area contributed by atoms with Crippen LogP contribution in [0.3, 0.4) is 0 Å². The number of aromatic nitrogens is 2. The number of sulfonamides is 1. The van der Waals surface area contributed by atoms with Crippen molar-refractivity contribution in [3.63, 3.8) is 0 Å². The monoisotopic (exact) mass is 490 g/mol. The third-order valence-electron chi connectivity index (χ3n) is 5.37. The highest BCUT2D eigenvalue weighted by molar-refractivity contribution is 7.89. The largest absolute Gasteiger partial charge is 0.495 e. The molecule has 1 N–H and O–H groups in total. The van der Waals surface area contributed by atoms with E-state index in [9.17, 15) is 22.4 Å². The number of piperidine rings is 1. The van der Waals surface area contributed by atoms with Crippen molar-refractivity contribution >= 4 is 21.6 Å². The average molecular weight is 491 g/mol. The van der Waals surface area contributed by atoms with E-state index in [2.05, 4.69) is 10.4 Å². The molecule has 1 aliphatic heterocycles. The molecule has 1 fully saturated rings. The molecule has 2 aromatic carbocycles. The summed E-state index contributed by atoms with van der Waals surface area (Å²) in [5.74, 6) is -1.83. The van der Waals surface area contributed by atoms with Crippen LogP contribution in [0.15, 0.2) is 56.6 Å². The lowest BCUT2D eigenvalue weighted by molar-refractivity contribution is -0.117. The maximum Gasteiger partial charge on any atom is 0.437 e. The molecule has 0 atom stereocenters. The average Bonchev–Trinajstić information content (AvgIpc) is 3.19. The lowest BCUT2D eigenvalue weighted by atomic mass is 10.2. The summed E-state index contributed by atoms with van der Waals surface area (Å²) < 4.78 is 51.9. The van der Waals surface area contributed by atoms with Gasteiger partial charge in [0.1, 0.15) is 23.0 Å². The fourth-order valence-corrected chi connectivity index (χ4v) is 5.35. The number of anilines is 1. The molecule has 0 spiro atoms. The van der Waals surface area contributed by atoms with Crippen LogP contribution in [0, 0.1) is 5.82 Å². The minimum atomic E-state index is -3.81. The minimum absolute atomic E-state index is 0.0492. The smallest absolute Gasteiger partial charge is 0.437 e. The molecule has 0 unspecified atom stereocenters. The number of benzene rings is 2. The Bertz CT molecular complexity index is 1340. The van der Waals surface area contributed by atoms with E-state index in [-0.39, 0.29) is 22.2 Å². The van der Waals surface area contributed by atoms with Crippen molar-refractivity contribution in [2.24, 2.45) is 0 Å². The Balaban J connectivity index is 1.52. The summed E-state index contributed by atoms with van der Waals surface area (Å²) in [5.41, 5.74) is 0.595. The van der Waals surface area contributed by atoms with Gasteiger partial charge in [0.15, 0.2) is 0 Å². The Labute approximate surface area is 195 Å². The summed E-state index contributed by atoms with van der Waals surface area (Å²) in [6.07, 6.45) is 2.54. The van der Waals surface area contributed by atoms with E-state index in [4.69, 9.17) is 9.15 Å². The van der Waals surface area contributed by atoms with Gasteiger partial charge in [-0.2, -0.15) is 8.99 Å². The number of ether oxygens (including phenoxy) is 1. The molecule has 1 aliphatic rings. The topological polar surface area (TPSA) is 124 Å². The highest BCUT2D eigenvalue weighted by atomic mass is 32.2. The SMILES string of the molecule is COc1ccc(NC(=O)Cn2nc(-c3ccc(F)cc3)oc2=O)cc1S(=O)(=O)N1CCCCC1. The summed E-state index contributed by atoms with van der Waals surface area (Å²) in [4.78, 5) is 24.6. The lowest BCUT2D eigenvalue weighted by Crippen LogP contribution is -2.35. The zero-order valence-electron chi connectivity index (χ0n) is 18.4. The Morgan fingerprint density at radius 1 is 1.15 bits per heavy atom. The van der Waals surface area contributed by atoms with Crippen LogP contribution in [0.5, 0.6) is 5.75 Å². The van der Waals surface area contributed by atoms with E-state index >= 15 is 0 Å². The molecule has 4 rings (SSSR count). The number of halogens is 1. The van der Waals surface area contributed by atoms with Crippen molar-refractivity contribution in [2.75, 3.05) is 25.5 Å². The van der Waals surface area contributed by atoms with Crippen LogP contribution in [0.1, 0.15) is 19.3 Å². The van der Waals surface area contributed by atoms with Gasteiger partial charge in [0.25, 0.3) is 0 Å². The van der Waals surface area contributed by atoms with Gasteiger partial charge in [0.2, 0.25) is 21.8 Å². The van der Waals surface area contributed by atoms with Gasteiger partial charge >= 0.3 is 5.76 Å². The molecule has 1 saturated heterocycles. The Morgan fingerprint density at radius 3 is 2.53 bits per heavy atom. The third kappa shape index (κ3) is 5.02. The zero-order chi connectivity index (χ0) is 24.3. The van der Waals surface area contributed by atoms with E-state index in [0.29, 0.717) is 18.7 Å². The van der Waals surface area contributed by atoms with Crippen LogP contribution in [0.4, 0.5) is 10.1 Å². The molecule has 0 saturated carbocycles. The van der Waals surface area contributed by atoms with Gasteiger partial charge in [-0.1, -0.05) is 6.42 Å². The highest BCUT2D eigenvalue weighted by Crippen LogP contribution is 2.31. The number of rotatable bonds is 7. The number of hydrogen-bond donors (Lipinski definition) is 1. The summed E-state index contributed by atoms with van der Waals surface area (Å²) in [7, 11) is -2.44. The molecular weight excluding hydrogens is 467 g/mol. The van der Waals surface area contributed by atoms with Gasteiger partial charge in [-0.05, 0) is 55.3 Å². The zero-order valence-corrected chi connectivity index (χ0v) is 19.2. The summed E-state index contributed by atoms with van der Waals surface area (Å²) in [6.45, 7) is 0.380. The van der Waals surface area contributed by atoms with E-state index in [0.717, 1.165) is 23.9 Å². The Kier molecular flexibility index (Phi) is 6.80. The van der Waals surface area contributed by atoms with Gasteiger partial charge in [-0.15, -0.1) is 5.10 Å². The van der Waals surface area contributed by atoms with Gasteiger partial charge in [-0.25, -0.2) is 17.6 Å². The molecule has 0 bridgehead atoms. The van der Waals surface area contributed by atoms with E-state index in [1.165, 1.54) is 53.9 Å². The molecule has 12 heteroatoms. The number of nitrogens with zero attached hydrogens (tertiary/aromatic N) is 3. The van der Waals surface area contributed by atoms with Crippen molar-refractivity contribution in [2.45, 2.75) is 30.7 Å². The predicted molar refractivity (Wildman–Crippen MR) is 120 cm³/mol. The quantitative estimate of drug-likeness (QED) is 0.540. The van der Waals surface area contributed by atoms with Crippen molar-refractivity contribution in [1.29, 1.82) is 0 Å². The van der Waals surface area contributed by atoms with Crippen LogP contribution in [-0.4, -0.2) is 48.6 Å². The molecule has 2 heterocycles. The van der Waals surface area contributed by atoms with E-state index in [1.807, 2.05) is 0 Å². The molecule has 180 valence electrons. The summed E-state index contributed by atoms with van der Waals surface area (Å²) in [6, 6.07) is 9.47. The molecule has 0 radical (unpaired) electrons. The van der Waals surface area contributed by atoms with Crippen LogP contribution in [0.25, 0.3) is 11.5 Å². The van der Waals surface area contributed by atoms with Gasteiger partial charge in [-0.3, -0.25) is 4.79 Å². The maximum atomic E-state index is 13.1. The molecule has 10 nitrogen and oxygen atoms in total. The summed E-state index contributed by atoms with van der Waals surface area (Å²) >= 11 is 0. The first kappa shape index (κ1) is 23.6. The van der Waals surface area contributed by atoms with E-state index < -0.39 is 34.0 Å². The van der Waals surface area contributed by atoms with Gasteiger partial charge in [0.05, 0.1) is 7.11 Å². The van der Waals surface area contributed by atoms with Crippen LogP contribution in [-0.2, 0) is 21.4 Å². The molecule has 1 aromatic heterocycles. The first-order chi connectivity index (χ1) is 16.3. The van der Waals surface area contributed by atoms with Crippen molar-refractivity contribution in [3.8, 4) is 17.2 Å². The number of hydrogen-bond acceptors (Lipinski definition) is 7. The number of nitrogens with one attached hydrogen (secondary N) is 1. The minimum Gasteiger partial charge on any atom is -0.495 e. The number of carbonyl (C=O) groups excluding carboxylic acids is 1. The third-order valence-corrected chi connectivity index (χ3v) is 7.29. The van der Waals surface area contributed by atoms with Gasteiger partial charge < -0.3 is 14.5 Å². The van der Waals surface area contributed by atoms with Crippen LogP contribution in [0.2, 0.25) is 0 Å². The second-order valence-electron chi connectivity index (χ2n) is 7.72. The fraction of sp³-hybridized carbons (Fsp3) is 0.318. The van der Waals surface area contributed by atoms with E-state index in [1.54, 1.807) is 0 Å². The molecule has 0 aliphatic carbocycles.